The van der Waals surface area contributed by atoms with Crippen LogP contribution in [0, 0.1) is 0 Å². The molecule has 0 aromatic heterocycles. The van der Waals surface area contributed by atoms with Crippen LogP contribution in [0.4, 0.5) is 8.78 Å². The number of esters is 1. The molecule has 0 fully saturated rings. The van der Waals surface area contributed by atoms with Crippen molar-refractivity contribution in [1.29, 1.82) is 0 Å². The van der Waals surface area contributed by atoms with Gasteiger partial charge in [-0.2, -0.15) is 13.5 Å². The van der Waals surface area contributed by atoms with Gasteiger partial charge < -0.3 is 9.84 Å². The van der Waals surface area contributed by atoms with E-state index in [-0.39, 0.29) is 0 Å². The van der Waals surface area contributed by atoms with Gasteiger partial charge in [0.25, 0.3) is 0 Å². The van der Waals surface area contributed by atoms with Gasteiger partial charge in [0.05, 0.1) is 23.5 Å². The zero-order valence-electron chi connectivity index (χ0n) is 11.6. The van der Waals surface area contributed by atoms with Crippen molar-refractivity contribution in [3.05, 3.63) is 24.3 Å². The van der Waals surface area contributed by atoms with E-state index in [1.807, 2.05) is 4.72 Å². The van der Waals surface area contributed by atoms with Crippen molar-refractivity contribution in [2.24, 2.45) is 0 Å². The number of sulfone groups is 1. The van der Waals surface area contributed by atoms with Crippen molar-refractivity contribution >= 4 is 25.8 Å². The first kappa shape index (κ1) is 19.4. The third-order valence-corrected chi connectivity index (χ3v) is 5.55. The van der Waals surface area contributed by atoms with E-state index >= 15 is 0 Å². The normalized spacial score (nSPS) is 13.8. The van der Waals surface area contributed by atoms with E-state index in [2.05, 4.69) is 4.74 Å². The summed E-state index contributed by atoms with van der Waals surface area (Å²) < 4.78 is 77.3. The minimum Gasteiger partial charge on any atom is -0.468 e. The van der Waals surface area contributed by atoms with Gasteiger partial charge in [-0.1, -0.05) is 0 Å². The molecule has 0 amide bonds. The number of rotatable bonds is 7. The SMILES string of the molecule is COC(=O)[C@H](CO)NS(=O)(=O)c1ccc(S(=O)(=O)C(F)F)cc1. The molecule has 12 heteroatoms. The number of sulfonamides is 1. The summed E-state index contributed by atoms with van der Waals surface area (Å²) in [4.78, 5) is 10.0. The number of carbonyl (C=O) groups is 1. The van der Waals surface area contributed by atoms with Crippen molar-refractivity contribution in [2.75, 3.05) is 13.7 Å². The Morgan fingerprint density at radius 1 is 1.17 bits per heavy atom. The number of hydrogen-bond acceptors (Lipinski definition) is 7. The van der Waals surface area contributed by atoms with Crippen molar-refractivity contribution in [1.82, 2.24) is 4.72 Å². The molecule has 23 heavy (non-hydrogen) atoms. The van der Waals surface area contributed by atoms with Crippen LogP contribution in [0.1, 0.15) is 0 Å². The average Bonchev–Trinajstić information content (AvgIpc) is 2.51. The Morgan fingerprint density at radius 2 is 1.65 bits per heavy atom. The molecule has 1 rings (SSSR count). The molecular formula is C11H13F2NO7S2. The smallest absolute Gasteiger partial charge is 0.341 e. The summed E-state index contributed by atoms with van der Waals surface area (Å²) in [6, 6.07) is 1.39. The fraction of sp³-hybridized carbons (Fsp3) is 0.364. The van der Waals surface area contributed by atoms with Gasteiger partial charge in [-0.3, -0.25) is 4.79 Å². The second-order valence-corrected chi connectivity index (χ2v) is 7.79. The maximum atomic E-state index is 12.4. The van der Waals surface area contributed by atoms with Gasteiger partial charge in [-0.15, -0.1) is 0 Å². The molecule has 0 saturated heterocycles. The Bertz CT molecular complexity index is 760. The summed E-state index contributed by atoms with van der Waals surface area (Å²) in [5, 5.41) is 8.96. The van der Waals surface area contributed by atoms with Gasteiger partial charge in [-0.05, 0) is 24.3 Å². The molecule has 0 aliphatic carbocycles. The Labute approximate surface area is 131 Å². The lowest BCUT2D eigenvalue weighted by Crippen LogP contribution is -2.43. The molecule has 0 unspecified atom stereocenters. The van der Waals surface area contributed by atoms with Crippen molar-refractivity contribution < 1.29 is 40.3 Å². The molecule has 130 valence electrons. The summed E-state index contributed by atoms with van der Waals surface area (Å²) in [5.74, 6) is -4.67. The number of aliphatic hydroxyl groups is 1. The van der Waals surface area contributed by atoms with Gasteiger partial charge in [0.15, 0.2) is 0 Å². The van der Waals surface area contributed by atoms with Gasteiger partial charge >= 0.3 is 11.7 Å². The van der Waals surface area contributed by atoms with Crippen LogP contribution < -0.4 is 4.72 Å². The predicted molar refractivity (Wildman–Crippen MR) is 72.8 cm³/mol. The molecule has 0 aliphatic rings. The molecular weight excluding hydrogens is 360 g/mol. The molecule has 0 radical (unpaired) electrons. The van der Waals surface area contributed by atoms with Gasteiger partial charge in [-0.25, -0.2) is 16.8 Å². The summed E-state index contributed by atoms with van der Waals surface area (Å²) in [6.45, 7) is -0.871. The standard InChI is InChI=1S/C11H13F2NO7S2/c1-21-10(16)9(6-15)14-23(19,20)8-4-2-7(3-5-8)22(17,18)11(12)13/h2-5,9,11,14-15H,6H2,1H3/t9-/m0/s1. The molecule has 0 bridgehead atoms. The van der Waals surface area contributed by atoms with E-state index in [1.165, 1.54) is 0 Å². The molecule has 1 atom stereocenters. The van der Waals surface area contributed by atoms with E-state index in [9.17, 15) is 30.4 Å². The van der Waals surface area contributed by atoms with E-state index in [0.717, 1.165) is 19.2 Å². The first-order valence-electron chi connectivity index (χ1n) is 5.89. The summed E-state index contributed by atoms with van der Waals surface area (Å²) in [6.07, 6.45) is 0. The Kier molecular flexibility index (Phi) is 6.16. The fourth-order valence-electron chi connectivity index (χ4n) is 1.47. The van der Waals surface area contributed by atoms with Crippen LogP contribution in [0.15, 0.2) is 34.1 Å². The van der Waals surface area contributed by atoms with Crippen LogP contribution in [-0.2, 0) is 29.4 Å². The molecule has 0 spiro atoms. The molecule has 2 N–H and O–H groups in total. The Hall–Kier alpha value is -1.63. The van der Waals surface area contributed by atoms with Gasteiger partial charge in [0.2, 0.25) is 19.9 Å². The predicted octanol–water partition coefficient (Wildman–Crippen LogP) is -0.505. The highest BCUT2D eigenvalue weighted by Crippen LogP contribution is 2.20. The summed E-state index contributed by atoms with van der Waals surface area (Å²) in [7, 11) is -8.16. The first-order chi connectivity index (χ1) is 10.6. The lowest BCUT2D eigenvalue weighted by atomic mass is 10.3. The molecule has 1 aromatic rings. The molecule has 1 aromatic carbocycles. The minimum absolute atomic E-state index is 0.479. The number of hydrogen-bond donors (Lipinski definition) is 2. The van der Waals surface area contributed by atoms with E-state index in [0.29, 0.717) is 12.1 Å². The number of nitrogens with one attached hydrogen (secondary N) is 1. The number of methoxy groups -OCH3 is 1. The van der Waals surface area contributed by atoms with Crippen molar-refractivity contribution in [3.8, 4) is 0 Å². The average molecular weight is 373 g/mol. The van der Waals surface area contributed by atoms with Crippen LogP contribution in [0.2, 0.25) is 0 Å². The zero-order valence-corrected chi connectivity index (χ0v) is 13.3. The lowest BCUT2D eigenvalue weighted by Gasteiger charge is -2.14. The minimum atomic E-state index is -4.85. The Balaban J connectivity index is 3.10. The molecule has 0 aliphatic heterocycles. The Morgan fingerprint density at radius 3 is 2.04 bits per heavy atom. The number of aliphatic hydroxyl groups excluding tert-OH is 1. The maximum absolute atomic E-state index is 12.4. The van der Waals surface area contributed by atoms with Crippen molar-refractivity contribution in [3.63, 3.8) is 0 Å². The molecule has 8 nitrogen and oxygen atoms in total. The largest absolute Gasteiger partial charge is 0.468 e. The number of halogens is 2. The highest BCUT2D eigenvalue weighted by Gasteiger charge is 2.28. The van der Waals surface area contributed by atoms with Gasteiger partial charge in [0.1, 0.15) is 6.04 Å². The third kappa shape index (κ3) is 4.43. The molecule has 0 heterocycles. The van der Waals surface area contributed by atoms with Crippen LogP contribution >= 0.6 is 0 Å². The highest BCUT2D eigenvalue weighted by molar-refractivity contribution is 7.91. The third-order valence-electron chi connectivity index (χ3n) is 2.66. The van der Waals surface area contributed by atoms with Crippen LogP contribution in [-0.4, -0.2) is 53.4 Å². The maximum Gasteiger partial charge on any atom is 0.341 e. The lowest BCUT2D eigenvalue weighted by molar-refractivity contribution is -0.143. The van der Waals surface area contributed by atoms with E-state index in [4.69, 9.17) is 5.11 Å². The summed E-state index contributed by atoms with van der Waals surface area (Å²) in [5.41, 5.74) is 0. The number of alkyl halides is 2. The second-order valence-electron chi connectivity index (χ2n) is 4.16. The quantitative estimate of drug-likeness (QED) is 0.617. The van der Waals surface area contributed by atoms with E-state index < -0.39 is 54.0 Å². The number of ether oxygens (including phenoxy) is 1. The number of carbonyl (C=O) groups excluding carboxylic acids is 1. The second kappa shape index (κ2) is 7.29. The van der Waals surface area contributed by atoms with Gasteiger partial charge in [0, 0.05) is 0 Å². The topological polar surface area (TPSA) is 127 Å². The monoisotopic (exact) mass is 373 g/mol. The first-order valence-corrected chi connectivity index (χ1v) is 8.92. The van der Waals surface area contributed by atoms with Crippen LogP contribution in [0.25, 0.3) is 0 Å². The highest BCUT2D eigenvalue weighted by atomic mass is 32.2. The van der Waals surface area contributed by atoms with Crippen molar-refractivity contribution in [2.45, 2.75) is 21.6 Å². The van der Waals surface area contributed by atoms with Crippen LogP contribution in [0.5, 0.6) is 0 Å². The van der Waals surface area contributed by atoms with Crippen LogP contribution in [0.3, 0.4) is 0 Å². The molecule has 0 saturated carbocycles. The fourth-order valence-corrected chi connectivity index (χ4v) is 3.37. The zero-order chi connectivity index (χ0) is 17.8. The van der Waals surface area contributed by atoms with E-state index in [1.54, 1.807) is 0 Å². The number of benzene rings is 1. The summed E-state index contributed by atoms with van der Waals surface area (Å²) >= 11 is 0.